The fraction of sp³-hybridized carbons (Fsp3) is 0.357. The molecule has 1 heterocycles. The van der Waals surface area contributed by atoms with Gasteiger partial charge in [-0.3, -0.25) is 0 Å². The Labute approximate surface area is 132 Å². The first-order valence-electron chi connectivity index (χ1n) is 6.51. The number of ether oxygens (including phenoxy) is 1. The molecule has 0 unspecified atom stereocenters. The van der Waals surface area contributed by atoms with Gasteiger partial charge in [0.25, 0.3) is 0 Å². The Morgan fingerprint density at radius 3 is 3.05 bits per heavy atom. The maximum Gasteiger partial charge on any atom is 0.207 e. The third-order valence-corrected chi connectivity index (χ3v) is 4.00. The van der Waals surface area contributed by atoms with E-state index < -0.39 is 0 Å². The van der Waals surface area contributed by atoms with Crippen molar-refractivity contribution in [2.75, 3.05) is 18.5 Å². The summed E-state index contributed by atoms with van der Waals surface area (Å²) < 4.78 is 8.27. The zero-order valence-electron chi connectivity index (χ0n) is 11.3. The minimum Gasteiger partial charge on any atom is -0.382 e. The number of anilines is 2. The number of nitrogens with zero attached hydrogens (tertiary/aromatic N) is 2. The topological polar surface area (TPSA) is 39.1 Å². The van der Waals surface area contributed by atoms with Crippen LogP contribution in [-0.4, -0.2) is 22.8 Å². The van der Waals surface area contributed by atoms with Gasteiger partial charge in [-0.1, -0.05) is 11.6 Å². The average molecular weight is 359 g/mol. The van der Waals surface area contributed by atoms with Gasteiger partial charge >= 0.3 is 0 Å². The van der Waals surface area contributed by atoms with Gasteiger partial charge in [-0.05, 0) is 47.5 Å². The Kier molecular flexibility index (Phi) is 5.88. The van der Waals surface area contributed by atoms with E-state index in [1.807, 2.05) is 31.3 Å². The molecule has 1 N–H and O–H groups in total. The lowest BCUT2D eigenvalue weighted by Crippen LogP contribution is -2.06. The molecule has 0 radical (unpaired) electrons. The van der Waals surface area contributed by atoms with E-state index in [9.17, 15) is 0 Å². The number of nitrogens with one attached hydrogen (secondary N) is 1. The minimum atomic E-state index is 0.690. The van der Waals surface area contributed by atoms with E-state index in [1.54, 1.807) is 6.20 Å². The Morgan fingerprint density at radius 2 is 2.30 bits per heavy atom. The highest BCUT2D eigenvalue weighted by molar-refractivity contribution is 9.10. The van der Waals surface area contributed by atoms with Gasteiger partial charge in [0.2, 0.25) is 5.95 Å². The number of aryl methyl sites for hydroxylation is 1. The molecule has 0 aliphatic rings. The van der Waals surface area contributed by atoms with Crippen molar-refractivity contribution in [2.24, 2.45) is 0 Å². The van der Waals surface area contributed by atoms with Crippen LogP contribution >= 0.6 is 27.5 Å². The van der Waals surface area contributed by atoms with Crippen LogP contribution in [0.2, 0.25) is 5.02 Å². The summed E-state index contributed by atoms with van der Waals surface area (Å²) >= 11 is 9.39. The molecule has 0 atom stereocenters. The molecule has 0 amide bonds. The monoisotopic (exact) mass is 357 g/mol. The van der Waals surface area contributed by atoms with Crippen molar-refractivity contribution >= 4 is 39.2 Å². The van der Waals surface area contributed by atoms with Crippen LogP contribution in [0, 0.1) is 0 Å². The molecule has 2 aromatic rings. The molecule has 0 fully saturated rings. The first-order chi connectivity index (χ1) is 9.70. The number of benzene rings is 1. The van der Waals surface area contributed by atoms with Crippen molar-refractivity contribution in [1.29, 1.82) is 0 Å². The molecule has 108 valence electrons. The average Bonchev–Trinajstić information content (AvgIpc) is 2.86. The lowest BCUT2D eigenvalue weighted by molar-refractivity contribution is 0.142. The fourth-order valence-corrected chi connectivity index (χ4v) is 2.29. The molecule has 0 saturated heterocycles. The van der Waals surface area contributed by atoms with E-state index in [2.05, 4.69) is 30.8 Å². The van der Waals surface area contributed by atoms with Gasteiger partial charge in [-0.25, -0.2) is 4.98 Å². The molecular weight excluding hydrogens is 342 g/mol. The predicted octanol–water partition coefficient (Wildman–Crippen LogP) is 4.47. The summed E-state index contributed by atoms with van der Waals surface area (Å²) in [4.78, 5) is 4.33. The second-order valence-corrected chi connectivity index (χ2v) is 5.51. The van der Waals surface area contributed by atoms with Crippen LogP contribution in [-0.2, 0) is 11.3 Å². The SMILES string of the molecule is CCOCCCn1ccnc1Nc1ccc(Cl)c(Br)c1. The van der Waals surface area contributed by atoms with E-state index in [1.165, 1.54) is 0 Å². The van der Waals surface area contributed by atoms with Crippen LogP contribution < -0.4 is 5.32 Å². The highest BCUT2D eigenvalue weighted by Gasteiger charge is 2.04. The zero-order chi connectivity index (χ0) is 14.4. The predicted molar refractivity (Wildman–Crippen MR) is 85.8 cm³/mol. The summed E-state index contributed by atoms with van der Waals surface area (Å²) in [6, 6.07) is 5.70. The lowest BCUT2D eigenvalue weighted by atomic mass is 10.3. The number of imidazole rings is 1. The number of halogens is 2. The van der Waals surface area contributed by atoms with Crippen molar-refractivity contribution < 1.29 is 4.74 Å². The normalized spacial score (nSPS) is 10.8. The van der Waals surface area contributed by atoms with E-state index in [-0.39, 0.29) is 0 Å². The zero-order valence-corrected chi connectivity index (χ0v) is 13.6. The number of hydrogen-bond donors (Lipinski definition) is 1. The molecule has 20 heavy (non-hydrogen) atoms. The van der Waals surface area contributed by atoms with Crippen molar-refractivity contribution in [3.05, 3.63) is 40.1 Å². The lowest BCUT2D eigenvalue weighted by Gasteiger charge is -2.10. The van der Waals surface area contributed by atoms with Crippen LogP contribution in [0.4, 0.5) is 11.6 Å². The molecule has 1 aromatic carbocycles. The quantitative estimate of drug-likeness (QED) is 0.742. The Morgan fingerprint density at radius 1 is 1.45 bits per heavy atom. The Hall–Kier alpha value is -1.04. The second kappa shape index (κ2) is 7.67. The maximum atomic E-state index is 5.98. The van der Waals surface area contributed by atoms with Gasteiger partial charge in [0.1, 0.15) is 0 Å². The van der Waals surface area contributed by atoms with Crippen molar-refractivity contribution in [1.82, 2.24) is 9.55 Å². The summed E-state index contributed by atoms with van der Waals surface area (Å²) in [6.45, 7) is 4.40. The number of aromatic nitrogens is 2. The minimum absolute atomic E-state index is 0.690. The van der Waals surface area contributed by atoms with Gasteiger partial charge in [0.15, 0.2) is 0 Å². The molecular formula is C14H17BrClN3O. The van der Waals surface area contributed by atoms with E-state index in [0.717, 1.165) is 42.3 Å². The molecule has 0 aliphatic carbocycles. The van der Waals surface area contributed by atoms with Gasteiger partial charge in [-0.2, -0.15) is 0 Å². The number of hydrogen-bond acceptors (Lipinski definition) is 3. The van der Waals surface area contributed by atoms with Crippen molar-refractivity contribution in [3.63, 3.8) is 0 Å². The summed E-state index contributed by atoms with van der Waals surface area (Å²) in [5.41, 5.74) is 0.943. The van der Waals surface area contributed by atoms with E-state index >= 15 is 0 Å². The summed E-state index contributed by atoms with van der Waals surface area (Å²) in [5.74, 6) is 0.815. The largest absolute Gasteiger partial charge is 0.382 e. The second-order valence-electron chi connectivity index (χ2n) is 4.25. The molecule has 0 bridgehead atoms. The molecule has 0 aliphatic heterocycles. The first-order valence-corrected chi connectivity index (χ1v) is 7.68. The van der Waals surface area contributed by atoms with E-state index in [0.29, 0.717) is 5.02 Å². The van der Waals surface area contributed by atoms with Crippen molar-refractivity contribution in [2.45, 2.75) is 19.9 Å². The van der Waals surface area contributed by atoms with Gasteiger partial charge < -0.3 is 14.6 Å². The third kappa shape index (κ3) is 4.23. The standard InChI is InChI=1S/C14H17BrClN3O/c1-2-20-9-3-7-19-8-6-17-14(19)18-11-4-5-13(16)12(15)10-11/h4-6,8,10H,2-3,7,9H2,1H3,(H,17,18). The highest BCUT2D eigenvalue weighted by Crippen LogP contribution is 2.27. The van der Waals surface area contributed by atoms with Crippen LogP contribution in [0.5, 0.6) is 0 Å². The smallest absolute Gasteiger partial charge is 0.207 e. The maximum absolute atomic E-state index is 5.98. The summed E-state index contributed by atoms with van der Waals surface area (Å²) in [7, 11) is 0. The van der Waals surface area contributed by atoms with Crippen LogP contribution in [0.1, 0.15) is 13.3 Å². The van der Waals surface area contributed by atoms with Crippen LogP contribution in [0.3, 0.4) is 0 Å². The molecule has 6 heteroatoms. The molecule has 2 rings (SSSR count). The highest BCUT2D eigenvalue weighted by atomic mass is 79.9. The summed E-state index contributed by atoms with van der Waals surface area (Å²) in [6.07, 6.45) is 4.70. The molecule has 4 nitrogen and oxygen atoms in total. The molecule has 1 aromatic heterocycles. The third-order valence-electron chi connectivity index (χ3n) is 2.78. The Balaban J connectivity index is 1.99. The van der Waals surface area contributed by atoms with Crippen LogP contribution in [0.25, 0.3) is 0 Å². The van der Waals surface area contributed by atoms with E-state index in [4.69, 9.17) is 16.3 Å². The fourth-order valence-electron chi connectivity index (χ4n) is 1.80. The van der Waals surface area contributed by atoms with Crippen molar-refractivity contribution in [3.8, 4) is 0 Å². The van der Waals surface area contributed by atoms with Gasteiger partial charge in [0.05, 0.1) is 5.02 Å². The van der Waals surface area contributed by atoms with Gasteiger partial charge in [0, 0.05) is 42.3 Å². The van der Waals surface area contributed by atoms with Gasteiger partial charge in [-0.15, -0.1) is 0 Å². The first kappa shape index (κ1) is 15.4. The Bertz CT molecular complexity index is 559. The molecule has 0 saturated carbocycles. The summed E-state index contributed by atoms with van der Waals surface area (Å²) in [5, 5.41) is 3.97. The van der Waals surface area contributed by atoms with Crippen LogP contribution in [0.15, 0.2) is 35.1 Å². The number of rotatable bonds is 7. The molecule has 0 spiro atoms.